The lowest BCUT2D eigenvalue weighted by Crippen LogP contribution is -2.49. The van der Waals surface area contributed by atoms with Crippen LogP contribution >= 0.6 is 0 Å². The second kappa shape index (κ2) is 8.82. The number of aryl methyl sites for hydroxylation is 1. The largest absolute Gasteiger partial charge is 0.455 e. The Balaban J connectivity index is 2.54. The Hall–Kier alpha value is -2.38. The zero-order valence-electron chi connectivity index (χ0n) is 16.7. The molecule has 0 aliphatic heterocycles. The number of imide groups is 1. The number of aromatic nitrogens is 2. The summed E-state index contributed by atoms with van der Waals surface area (Å²) in [6.07, 6.45) is 0.0389. The van der Waals surface area contributed by atoms with Gasteiger partial charge in [-0.2, -0.15) is 5.10 Å². The van der Waals surface area contributed by atoms with Gasteiger partial charge in [0.15, 0.2) is 6.61 Å². The Morgan fingerprint density at radius 3 is 2.35 bits per heavy atom. The van der Waals surface area contributed by atoms with E-state index in [1.165, 1.54) is 0 Å². The van der Waals surface area contributed by atoms with Crippen molar-refractivity contribution in [2.75, 3.05) is 6.61 Å². The first-order valence-electron chi connectivity index (χ1n) is 8.69. The number of ether oxygens (including phenoxy) is 1. The number of carbonyl (C=O) groups is 3. The second-order valence-corrected chi connectivity index (χ2v) is 7.82. The fourth-order valence-corrected chi connectivity index (χ4v) is 2.39. The lowest BCUT2D eigenvalue weighted by Gasteiger charge is -2.20. The molecule has 0 bridgehead atoms. The zero-order valence-corrected chi connectivity index (χ0v) is 16.7. The molecule has 0 atom stereocenters. The summed E-state index contributed by atoms with van der Waals surface area (Å²) in [5.74, 6) is -0.772. The molecule has 8 nitrogen and oxygen atoms in total. The van der Waals surface area contributed by atoms with Crippen LogP contribution in [-0.4, -0.2) is 39.8 Å². The first-order valence-corrected chi connectivity index (χ1v) is 8.69. The summed E-state index contributed by atoms with van der Waals surface area (Å²) in [7, 11) is 0. The topological polar surface area (TPSA) is 102 Å². The minimum absolute atomic E-state index is 0.0389. The average Bonchev–Trinajstić information content (AvgIpc) is 2.70. The zero-order chi connectivity index (χ0) is 20.1. The number of rotatable bonds is 6. The fourth-order valence-electron chi connectivity index (χ4n) is 2.39. The molecule has 1 aromatic rings. The smallest absolute Gasteiger partial charge is 0.321 e. The van der Waals surface area contributed by atoms with E-state index in [9.17, 15) is 14.4 Å². The van der Waals surface area contributed by atoms with E-state index < -0.39 is 30.1 Å². The van der Waals surface area contributed by atoms with E-state index in [0.29, 0.717) is 5.92 Å². The van der Waals surface area contributed by atoms with Crippen LogP contribution in [0.5, 0.6) is 0 Å². The van der Waals surface area contributed by atoms with Gasteiger partial charge in [0, 0.05) is 23.3 Å². The molecule has 1 aromatic heterocycles. The second-order valence-electron chi connectivity index (χ2n) is 7.82. The number of amides is 3. The van der Waals surface area contributed by atoms with E-state index in [-0.39, 0.29) is 6.42 Å². The highest BCUT2D eigenvalue weighted by Crippen LogP contribution is 2.15. The number of urea groups is 1. The van der Waals surface area contributed by atoms with Crippen LogP contribution in [0.1, 0.15) is 51.6 Å². The van der Waals surface area contributed by atoms with Crippen molar-refractivity contribution in [2.24, 2.45) is 5.92 Å². The lowest BCUT2D eigenvalue weighted by molar-refractivity contribution is -0.147. The van der Waals surface area contributed by atoms with Crippen LogP contribution in [0, 0.1) is 19.8 Å². The van der Waals surface area contributed by atoms with Crippen molar-refractivity contribution in [2.45, 2.75) is 67.0 Å². The Morgan fingerprint density at radius 2 is 1.81 bits per heavy atom. The van der Waals surface area contributed by atoms with Crippen LogP contribution in [0.25, 0.3) is 0 Å². The fraction of sp³-hybridized carbons (Fsp3) is 0.667. The molecule has 0 unspecified atom stereocenters. The maximum absolute atomic E-state index is 12.0. The van der Waals surface area contributed by atoms with Gasteiger partial charge < -0.3 is 10.1 Å². The highest BCUT2D eigenvalue weighted by Gasteiger charge is 2.19. The Bertz CT molecular complexity index is 671. The summed E-state index contributed by atoms with van der Waals surface area (Å²) in [4.78, 5) is 35.3. The molecule has 0 spiro atoms. The van der Waals surface area contributed by atoms with Crippen molar-refractivity contribution in [3.05, 3.63) is 17.0 Å². The number of hydrogen-bond acceptors (Lipinski definition) is 5. The normalized spacial score (nSPS) is 11.4. The van der Waals surface area contributed by atoms with Crippen LogP contribution in [0.4, 0.5) is 4.79 Å². The Morgan fingerprint density at radius 1 is 1.19 bits per heavy atom. The van der Waals surface area contributed by atoms with Crippen LogP contribution in [0.3, 0.4) is 0 Å². The highest BCUT2D eigenvalue weighted by molar-refractivity contribution is 5.95. The minimum Gasteiger partial charge on any atom is -0.455 e. The molecule has 146 valence electrons. The number of nitrogens with one attached hydrogen (secondary N) is 2. The number of esters is 1. The van der Waals surface area contributed by atoms with E-state index in [1.54, 1.807) is 20.8 Å². The van der Waals surface area contributed by atoms with Crippen LogP contribution in [0.2, 0.25) is 0 Å². The van der Waals surface area contributed by atoms with Crippen molar-refractivity contribution >= 4 is 17.9 Å². The molecule has 0 saturated heterocycles. The van der Waals surface area contributed by atoms with Gasteiger partial charge in [0.05, 0.1) is 12.1 Å². The molecule has 0 saturated carbocycles. The van der Waals surface area contributed by atoms with Crippen LogP contribution in [0.15, 0.2) is 0 Å². The minimum atomic E-state index is -0.677. The first kappa shape index (κ1) is 21.7. The monoisotopic (exact) mass is 366 g/mol. The molecule has 0 fully saturated rings. The molecule has 0 radical (unpaired) electrons. The van der Waals surface area contributed by atoms with E-state index in [0.717, 1.165) is 23.5 Å². The molecule has 1 heterocycles. The third kappa shape index (κ3) is 7.25. The third-order valence-electron chi connectivity index (χ3n) is 3.50. The van der Waals surface area contributed by atoms with Gasteiger partial charge in [-0.15, -0.1) is 0 Å². The summed E-state index contributed by atoms with van der Waals surface area (Å²) in [6.45, 7) is 13.6. The van der Waals surface area contributed by atoms with Crippen LogP contribution < -0.4 is 10.6 Å². The summed E-state index contributed by atoms with van der Waals surface area (Å²) in [5, 5.41) is 9.16. The maximum Gasteiger partial charge on any atom is 0.321 e. The van der Waals surface area contributed by atoms with Crippen molar-refractivity contribution in [1.29, 1.82) is 0 Å². The molecule has 26 heavy (non-hydrogen) atoms. The van der Waals surface area contributed by atoms with Crippen LogP contribution in [-0.2, 0) is 27.3 Å². The predicted molar refractivity (Wildman–Crippen MR) is 97.6 cm³/mol. The van der Waals surface area contributed by atoms with Gasteiger partial charge in [-0.3, -0.25) is 19.6 Å². The van der Waals surface area contributed by atoms with Gasteiger partial charge in [0.25, 0.3) is 5.91 Å². The Kier molecular flexibility index (Phi) is 7.35. The average molecular weight is 366 g/mol. The van der Waals surface area contributed by atoms with Gasteiger partial charge in [0.1, 0.15) is 0 Å². The van der Waals surface area contributed by atoms with Gasteiger partial charge >= 0.3 is 12.0 Å². The van der Waals surface area contributed by atoms with E-state index in [4.69, 9.17) is 4.74 Å². The first-order chi connectivity index (χ1) is 11.9. The lowest BCUT2D eigenvalue weighted by atomic mass is 10.1. The maximum atomic E-state index is 12.0. The van der Waals surface area contributed by atoms with E-state index in [1.807, 2.05) is 18.5 Å². The molecule has 0 aliphatic rings. The Labute approximate surface area is 154 Å². The molecule has 8 heteroatoms. The molecule has 0 aromatic carbocycles. The third-order valence-corrected chi connectivity index (χ3v) is 3.50. The quantitative estimate of drug-likeness (QED) is 0.748. The molecule has 1 rings (SSSR count). The molecule has 2 N–H and O–H groups in total. The van der Waals surface area contributed by atoms with Gasteiger partial charge in [-0.05, 0) is 40.5 Å². The van der Waals surface area contributed by atoms with Crippen molar-refractivity contribution in [3.63, 3.8) is 0 Å². The summed E-state index contributed by atoms with van der Waals surface area (Å²) in [6, 6.07) is -0.625. The van der Waals surface area contributed by atoms with Crippen molar-refractivity contribution in [1.82, 2.24) is 20.4 Å². The molecular formula is C18H30N4O4. The molecular weight excluding hydrogens is 336 g/mol. The van der Waals surface area contributed by atoms with E-state index >= 15 is 0 Å². The summed E-state index contributed by atoms with van der Waals surface area (Å²) in [5.41, 5.74) is 2.03. The van der Waals surface area contributed by atoms with E-state index in [2.05, 4.69) is 29.6 Å². The van der Waals surface area contributed by atoms with Crippen molar-refractivity contribution < 1.29 is 19.1 Å². The standard InChI is InChI=1S/C18H30N4O4/c1-11(2)9-22-13(4)14(12(3)21-22)8-16(24)26-10-15(23)19-17(25)20-18(5,6)7/h11H,8-10H2,1-7H3,(H2,19,20,23,25). The van der Waals surface area contributed by atoms with Gasteiger partial charge in [-0.1, -0.05) is 13.8 Å². The molecule has 0 aliphatic carbocycles. The number of nitrogens with zero attached hydrogens (tertiary/aromatic N) is 2. The van der Waals surface area contributed by atoms with Gasteiger partial charge in [-0.25, -0.2) is 4.79 Å². The highest BCUT2D eigenvalue weighted by atomic mass is 16.5. The van der Waals surface area contributed by atoms with Gasteiger partial charge in [0.2, 0.25) is 0 Å². The molecule has 3 amide bonds. The number of carbonyl (C=O) groups excluding carboxylic acids is 3. The van der Waals surface area contributed by atoms with Crippen molar-refractivity contribution in [3.8, 4) is 0 Å². The SMILES string of the molecule is Cc1nn(CC(C)C)c(C)c1CC(=O)OCC(=O)NC(=O)NC(C)(C)C. The number of hydrogen-bond donors (Lipinski definition) is 2. The summed E-state index contributed by atoms with van der Waals surface area (Å²) >= 11 is 0. The summed E-state index contributed by atoms with van der Waals surface area (Å²) < 4.78 is 6.85. The predicted octanol–water partition coefficient (Wildman–Crippen LogP) is 1.87.